The minimum Gasteiger partial charge on any atom is -0.370 e. The molecule has 0 amide bonds. The van der Waals surface area contributed by atoms with Gasteiger partial charge >= 0.3 is 0 Å². The quantitative estimate of drug-likeness (QED) is 0.535. The lowest BCUT2D eigenvalue weighted by molar-refractivity contribution is -0.192. The van der Waals surface area contributed by atoms with Gasteiger partial charge in [0.25, 0.3) is 0 Å². The van der Waals surface area contributed by atoms with Crippen molar-refractivity contribution in [2.24, 2.45) is 5.92 Å². The molecule has 62 valence electrons. The third-order valence-electron chi connectivity index (χ3n) is 2.80. The van der Waals surface area contributed by atoms with Crippen LogP contribution in [0.4, 0.5) is 0 Å². The number of hydrogen-bond acceptors (Lipinski definition) is 3. The van der Waals surface area contributed by atoms with E-state index in [9.17, 15) is 0 Å². The van der Waals surface area contributed by atoms with Gasteiger partial charge in [-0.2, -0.15) is 0 Å². The van der Waals surface area contributed by atoms with Crippen LogP contribution in [0.2, 0.25) is 0 Å². The molecule has 0 aliphatic carbocycles. The molecule has 3 rings (SSSR count). The standard InChI is InChI=1S/C8H12O3/c1-4-7(5-2-9-5)11-8(4)6-3-10-6/h4-8H,2-3H2,1H3. The second-order valence-electron chi connectivity index (χ2n) is 3.67. The highest BCUT2D eigenvalue weighted by Crippen LogP contribution is 2.41. The zero-order chi connectivity index (χ0) is 7.42. The van der Waals surface area contributed by atoms with Gasteiger partial charge in [0.1, 0.15) is 12.2 Å². The van der Waals surface area contributed by atoms with E-state index >= 15 is 0 Å². The van der Waals surface area contributed by atoms with Crippen LogP contribution in [0.3, 0.4) is 0 Å². The maximum absolute atomic E-state index is 5.65. The number of ether oxygens (including phenoxy) is 3. The summed E-state index contributed by atoms with van der Waals surface area (Å²) < 4.78 is 16.0. The normalized spacial score (nSPS) is 60.3. The molecule has 11 heavy (non-hydrogen) atoms. The van der Waals surface area contributed by atoms with Gasteiger partial charge in [0.2, 0.25) is 0 Å². The Morgan fingerprint density at radius 1 is 1.00 bits per heavy atom. The molecule has 3 saturated heterocycles. The van der Waals surface area contributed by atoms with Crippen molar-refractivity contribution in [2.75, 3.05) is 13.2 Å². The van der Waals surface area contributed by atoms with E-state index in [1.54, 1.807) is 0 Å². The Hall–Kier alpha value is -0.120. The molecule has 3 heterocycles. The predicted molar refractivity (Wildman–Crippen MR) is 37.3 cm³/mol. The SMILES string of the molecule is CC1C(C2CO2)OC1C1CO1. The van der Waals surface area contributed by atoms with Gasteiger partial charge in [-0.3, -0.25) is 0 Å². The lowest BCUT2D eigenvalue weighted by Gasteiger charge is -2.41. The smallest absolute Gasteiger partial charge is 0.107 e. The van der Waals surface area contributed by atoms with Crippen molar-refractivity contribution in [2.45, 2.75) is 31.3 Å². The minimum absolute atomic E-state index is 0.365. The van der Waals surface area contributed by atoms with Crippen molar-refractivity contribution in [1.29, 1.82) is 0 Å². The van der Waals surface area contributed by atoms with Crippen LogP contribution in [0, 0.1) is 5.92 Å². The average molecular weight is 156 g/mol. The van der Waals surface area contributed by atoms with Crippen molar-refractivity contribution in [1.82, 2.24) is 0 Å². The van der Waals surface area contributed by atoms with E-state index in [1.807, 2.05) is 0 Å². The fourth-order valence-electron chi connectivity index (χ4n) is 1.87. The first-order valence-corrected chi connectivity index (χ1v) is 4.25. The van der Waals surface area contributed by atoms with Crippen LogP contribution in [-0.2, 0) is 14.2 Å². The Labute approximate surface area is 65.6 Å². The molecule has 0 aromatic rings. The average Bonchev–Trinajstić information content (AvgIpc) is 2.76. The second-order valence-corrected chi connectivity index (χ2v) is 3.67. The lowest BCUT2D eigenvalue weighted by atomic mass is 9.87. The predicted octanol–water partition coefficient (Wildman–Crippen LogP) is 0.187. The van der Waals surface area contributed by atoms with Gasteiger partial charge in [-0.1, -0.05) is 6.92 Å². The van der Waals surface area contributed by atoms with Crippen LogP contribution >= 0.6 is 0 Å². The Kier molecular flexibility index (Phi) is 1.15. The van der Waals surface area contributed by atoms with Crippen LogP contribution < -0.4 is 0 Å². The van der Waals surface area contributed by atoms with Crippen LogP contribution in [0.5, 0.6) is 0 Å². The monoisotopic (exact) mass is 156 g/mol. The van der Waals surface area contributed by atoms with E-state index in [-0.39, 0.29) is 0 Å². The number of epoxide rings is 2. The molecule has 0 bridgehead atoms. The van der Waals surface area contributed by atoms with Crippen molar-refractivity contribution >= 4 is 0 Å². The molecule has 4 unspecified atom stereocenters. The zero-order valence-corrected chi connectivity index (χ0v) is 6.53. The highest BCUT2D eigenvalue weighted by Gasteiger charge is 2.54. The van der Waals surface area contributed by atoms with Gasteiger partial charge in [-0.05, 0) is 0 Å². The van der Waals surface area contributed by atoms with Gasteiger partial charge in [0.05, 0.1) is 25.4 Å². The molecular weight excluding hydrogens is 144 g/mol. The molecule has 3 aliphatic rings. The van der Waals surface area contributed by atoms with E-state index in [1.165, 1.54) is 0 Å². The van der Waals surface area contributed by atoms with E-state index in [4.69, 9.17) is 14.2 Å². The molecule has 3 fully saturated rings. The first kappa shape index (κ1) is 6.40. The molecule has 0 aromatic heterocycles. The maximum atomic E-state index is 5.65. The van der Waals surface area contributed by atoms with Crippen molar-refractivity contribution in [3.63, 3.8) is 0 Å². The number of hydrogen-bond donors (Lipinski definition) is 0. The molecule has 0 radical (unpaired) electrons. The summed E-state index contributed by atoms with van der Waals surface area (Å²) in [5.74, 6) is 0.634. The molecule has 3 aliphatic heterocycles. The van der Waals surface area contributed by atoms with Gasteiger partial charge in [0, 0.05) is 5.92 Å². The highest BCUT2D eigenvalue weighted by molar-refractivity contribution is 5.00. The molecular formula is C8H12O3. The number of rotatable bonds is 2. The Morgan fingerprint density at radius 2 is 1.45 bits per heavy atom. The Balaban J connectivity index is 1.60. The summed E-state index contributed by atoms with van der Waals surface area (Å²) in [6, 6.07) is 0. The third kappa shape index (κ3) is 0.916. The van der Waals surface area contributed by atoms with Gasteiger partial charge in [-0.25, -0.2) is 0 Å². The molecule has 0 spiro atoms. The summed E-state index contributed by atoms with van der Waals surface area (Å²) in [6.45, 7) is 4.02. The first-order valence-electron chi connectivity index (χ1n) is 4.25. The topological polar surface area (TPSA) is 34.3 Å². The van der Waals surface area contributed by atoms with E-state index in [2.05, 4.69) is 6.92 Å². The van der Waals surface area contributed by atoms with Crippen LogP contribution in [0.15, 0.2) is 0 Å². The fourth-order valence-corrected chi connectivity index (χ4v) is 1.87. The minimum atomic E-state index is 0.365. The molecule has 4 atom stereocenters. The van der Waals surface area contributed by atoms with Crippen molar-refractivity contribution < 1.29 is 14.2 Å². The summed E-state index contributed by atoms with van der Waals surface area (Å²) in [4.78, 5) is 0. The summed E-state index contributed by atoms with van der Waals surface area (Å²) in [7, 11) is 0. The Bertz CT molecular complexity index is 156. The van der Waals surface area contributed by atoms with E-state index in [0.29, 0.717) is 30.3 Å². The van der Waals surface area contributed by atoms with Crippen molar-refractivity contribution in [3.05, 3.63) is 0 Å². The molecule has 3 nitrogen and oxygen atoms in total. The molecule has 0 saturated carbocycles. The summed E-state index contributed by atoms with van der Waals surface area (Å²) in [5.41, 5.74) is 0. The van der Waals surface area contributed by atoms with E-state index < -0.39 is 0 Å². The van der Waals surface area contributed by atoms with Gasteiger partial charge in [-0.15, -0.1) is 0 Å². The van der Waals surface area contributed by atoms with E-state index in [0.717, 1.165) is 13.2 Å². The van der Waals surface area contributed by atoms with Crippen LogP contribution in [-0.4, -0.2) is 37.6 Å². The van der Waals surface area contributed by atoms with Crippen molar-refractivity contribution in [3.8, 4) is 0 Å². The lowest BCUT2D eigenvalue weighted by Crippen LogP contribution is -2.52. The largest absolute Gasteiger partial charge is 0.370 e. The summed E-state index contributed by atoms with van der Waals surface area (Å²) >= 11 is 0. The highest BCUT2D eigenvalue weighted by atomic mass is 16.6. The summed E-state index contributed by atoms with van der Waals surface area (Å²) in [5, 5.41) is 0. The third-order valence-corrected chi connectivity index (χ3v) is 2.80. The first-order chi connectivity index (χ1) is 5.36. The van der Waals surface area contributed by atoms with Gasteiger partial charge < -0.3 is 14.2 Å². The molecule has 0 aromatic carbocycles. The zero-order valence-electron chi connectivity index (χ0n) is 6.53. The maximum Gasteiger partial charge on any atom is 0.107 e. The fraction of sp³-hybridized carbons (Fsp3) is 1.00. The second kappa shape index (κ2) is 1.97. The summed E-state index contributed by atoms with van der Waals surface area (Å²) in [6.07, 6.45) is 1.54. The van der Waals surface area contributed by atoms with Crippen LogP contribution in [0.1, 0.15) is 6.92 Å². The van der Waals surface area contributed by atoms with Crippen LogP contribution in [0.25, 0.3) is 0 Å². The van der Waals surface area contributed by atoms with Gasteiger partial charge in [0.15, 0.2) is 0 Å². The molecule has 0 N–H and O–H groups in total. The molecule has 3 heteroatoms. The Morgan fingerprint density at radius 3 is 1.73 bits per heavy atom.